The molecule has 2 aromatic carbocycles. The molecule has 2 rings (SSSR count). The third kappa shape index (κ3) is 2.82. The van der Waals surface area contributed by atoms with E-state index in [9.17, 15) is 8.78 Å². The molecule has 0 spiro atoms. The fraction of sp³-hybridized carbons (Fsp3) is 0.143. The Morgan fingerprint density at radius 2 is 1.84 bits per heavy atom. The van der Waals surface area contributed by atoms with Crippen molar-refractivity contribution in [2.75, 3.05) is 7.11 Å². The highest BCUT2D eigenvalue weighted by Crippen LogP contribution is 2.41. The molecule has 0 bridgehead atoms. The van der Waals surface area contributed by atoms with Crippen LogP contribution in [0.5, 0.6) is 5.75 Å². The van der Waals surface area contributed by atoms with Crippen molar-refractivity contribution in [1.29, 1.82) is 0 Å². The molecule has 0 aliphatic carbocycles. The molecule has 0 N–H and O–H groups in total. The van der Waals surface area contributed by atoms with Gasteiger partial charge in [-0.05, 0) is 18.2 Å². The van der Waals surface area contributed by atoms with Crippen molar-refractivity contribution in [3.8, 4) is 16.9 Å². The van der Waals surface area contributed by atoms with E-state index in [0.29, 0.717) is 26.9 Å². The van der Waals surface area contributed by atoms with E-state index in [4.69, 9.17) is 27.9 Å². The number of methoxy groups -OCH3 is 1. The summed E-state index contributed by atoms with van der Waals surface area (Å²) in [4.78, 5) is 0. The van der Waals surface area contributed by atoms with Gasteiger partial charge in [-0.2, -0.15) is 0 Å². The summed E-state index contributed by atoms with van der Waals surface area (Å²) in [5.41, 5.74) is 0.643. The zero-order valence-electron chi connectivity index (χ0n) is 9.96. The van der Waals surface area contributed by atoms with Gasteiger partial charge in [-0.25, -0.2) is 8.78 Å². The standard InChI is InChI=1S/C14H10Cl2F2O/c1-19-12-4-2-3-10(14(17)18)13(12)9-6-5-8(15)7-11(9)16/h2-7,14H,1H3. The van der Waals surface area contributed by atoms with Crippen LogP contribution in [0.4, 0.5) is 8.78 Å². The van der Waals surface area contributed by atoms with Gasteiger partial charge in [0.25, 0.3) is 6.43 Å². The molecule has 0 fully saturated rings. The fourth-order valence-electron chi connectivity index (χ4n) is 1.88. The second kappa shape index (κ2) is 5.76. The summed E-state index contributed by atoms with van der Waals surface area (Å²) in [6.45, 7) is 0. The highest BCUT2D eigenvalue weighted by Gasteiger charge is 2.20. The quantitative estimate of drug-likeness (QED) is 0.716. The molecule has 0 aliphatic heterocycles. The summed E-state index contributed by atoms with van der Waals surface area (Å²) < 4.78 is 31.4. The molecule has 0 radical (unpaired) electrons. The summed E-state index contributed by atoms with van der Waals surface area (Å²) in [5.74, 6) is 0.349. The van der Waals surface area contributed by atoms with Crippen LogP contribution >= 0.6 is 23.2 Å². The van der Waals surface area contributed by atoms with Gasteiger partial charge in [-0.1, -0.05) is 41.4 Å². The largest absolute Gasteiger partial charge is 0.496 e. The number of ether oxygens (including phenoxy) is 1. The normalized spacial score (nSPS) is 10.8. The van der Waals surface area contributed by atoms with Gasteiger partial charge in [0, 0.05) is 21.7 Å². The Labute approximate surface area is 119 Å². The first kappa shape index (κ1) is 14.1. The van der Waals surface area contributed by atoms with Crippen molar-refractivity contribution in [2.24, 2.45) is 0 Å². The summed E-state index contributed by atoms with van der Waals surface area (Å²) in [7, 11) is 1.43. The molecular formula is C14H10Cl2F2O. The van der Waals surface area contributed by atoms with E-state index < -0.39 is 6.43 Å². The van der Waals surface area contributed by atoms with Crippen LogP contribution in [0.2, 0.25) is 10.0 Å². The van der Waals surface area contributed by atoms with E-state index in [0.717, 1.165) is 0 Å². The van der Waals surface area contributed by atoms with E-state index >= 15 is 0 Å². The third-order valence-corrected chi connectivity index (χ3v) is 3.26. The van der Waals surface area contributed by atoms with Crippen LogP contribution in [0.3, 0.4) is 0 Å². The number of benzene rings is 2. The molecule has 5 heteroatoms. The minimum absolute atomic E-state index is 0.122. The van der Waals surface area contributed by atoms with Gasteiger partial charge >= 0.3 is 0 Å². The molecule has 0 atom stereocenters. The Bertz CT molecular complexity index is 600. The highest BCUT2D eigenvalue weighted by molar-refractivity contribution is 6.36. The Balaban J connectivity index is 2.72. The molecular weight excluding hydrogens is 293 g/mol. The Kier molecular flexibility index (Phi) is 4.27. The number of alkyl halides is 2. The molecule has 2 aromatic rings. The first-order valence-corrected chi connectivity index (χ1v) is 6.20. The molecule has 0 heterocycles. The second-order valence-corrected chi connectivity index (χ2v) is 4.69. The number of halogens is 4. The maximum Gasteiger partial charge on any atom is 0.264 e. The van der Waals surface area contributed by atoms with Crippen molar-refractivity contribution in [2.45, 2.75) is 6.43 Å². The van der Waals surface area contributed by atoms with Crippen LogP contribution < -0.4 is 4.74 Å². The molecule has 0 unspecified atom stereocenters. The van der Waals surface area contributed by atoms with Gasteiger partial charge < -0.3 is 4.74 Å². The van der Waals surface area contributed by atoms with Gasteiger partial charge in [0.1, 0.15) is 5.75 Å². The van der Waals surface area contributed by atoms with Crippen molar-refractivity contribution in [1.82, 2.24) is 0 Å². The van der Waals surface area contributed by atoms with E-state index in [2.05, 4.69) is 0 Å². The van der Waals surface area contributed by atoms with Crippen LogP contribution in [-0.2, 0) is 0 Å². The smallest absolute Gasteiger partial charge is 0.264 e. The maximum atomic E-state index is 13.1. The maximum absolute atomic E-state index is 13.1. The Morgan fingerprint density at radius 1 is 1.11 bits per heavy atom. The van der Waals surface area contributed by atoms with Gasteiger partial charge in [0.05, 0.1) is 12.1 Å². The van der Waals surface area contributed by atoms with E-state index in [-0.39, 0.29) is 5.56 Å². The van der Waals surface area contributed by atoms with Gasteiger partial charge in [-0.15, -0.1) is 0 Å². The van der Waals surface area contributed by atoms with Crippen molar-refractivity contribution < 1.29 is 13.5 Å². The fourth-order valence-corrected chi connectivity index (χ4v) is 2.38. The van der Waals surface area contributed by atoms with E-state index in [1.807, 2.05) is 0 Å². The van der Waals surface area contributed by atoms with E-state index in [1.54, 1.807) is 18.2 Å². The third-order valence-electron chi connectivity index (χ3n) is 2.71. The SMILES string of the molecule is COc1cccc(C(F)F)c1-c1ccc(Cl)cc1Cl. The summed E-state index contributed by atoms with van der Waals surface area (Å²) in [5, 5.41) is 0.751. The Hall–Kier alpha value is -1.32. The molecule has 0 amide bonds. The zero-order valence-corrected chi connectivity index (χ0v) is 11.5. The molecule has 0 aromatic heterocycles. The van der Waals surface area contributed by atoms with Crippen molar-refractivity contribution in [3.05, 3.63) is 52.0 Å². The van der Waals surface area contributed by atoms with Crippen LogP contribution in [0.25, 0.3) is 11.1 Å². The Morgan fingerprint density at radius 3 is 2.42 bits per heavy atom. The molecule has 0 saturated heterocycles. The summed E-state index contributed by atoms with van der Waals surface area (Å²) >= 11 is 11.9. The minimum Gasteiger partial charge on any atom is -0.496 e. The molecule has 100 valence electrons. The molecule has 19 heavy (non-hydrogen) atoms. The first-order valence-electron chi connectivity index (χ1n) is 5.45. The lowest BCUT2D eigenvalue weighted by Crippen LogP contribution is -1.95. The number of hydrogen-bond donors (Lipinski definition) is 0. The van der Waals surface area contributed by atoms with Crippen molar-refractivity contribution >= 4 is 23.2 Å². The first-order chi connectivity index (χ1) is 9.04. The molecule has 0 aliphatic rings. The monoisotopic (exact) mass is 302 g/mol. The van der Waals surface area contributed by atoms with Crippen molar-refractivity contribution in [3.63, 3.8) is 0 Å². The van der Waals surface area contributed by atoms with Crippen LogP contribution in [0.15, 0.2) is 36.4 Å². The van der Waals surface area contributed by atoms with Gasteiger partial charge in [0.15, 0.2) is 0 Å². The number of hydrogen-bond acceptors (Lipinski definition) is 1. The van der Waals surface area contributed by atoms with E-state index in [1.165, 1.54) is 25.3 Å². The topological polar surface area (TPSA) is 9.23 Å². The lowest BCUT2D eigenvalue weighted by Gasteiger charge is -2.15. The molecule has 0 saturated carbocycles. The predicted octanol–water partition coefficient (Wildman–Crippen LogP) is 5.61. The van der Waals surface area contributed by atoms with Crippen LogP contribution in [0, 0.1) is 0 Å². The average Bonchev–Trinajstić information content (AvgIpc) is 2.38. The number of rotatable bonds is 3. The summed E-state index contributed by atoms with van der Waals surface area (Å²) in [6, 6.07) is 9.21. The lowest BCUT2D eigenvalue weighted by molar-refractivity contribution is 0.151. The van der Waals surface area contributed by atoms with Crippen LogP contribution in [-0.4, -0.2) is 7.11 Å². The summed E-state index contributed by atoms with van der Waals surface area (Å²) in [6.07, 6.45) is -2.61. The minimum atomic E-state index is -2.61. The average molecular weight is 303 g/mol. The molecule has 1 nitrogen and oxygen atoms in total. The highest BCUT2D eigenvalue weighted by atomic mass is 35.5. The second-order valence-electron chi connectivity index (χ2n) is 3.85. The predicted molar refractivity (Wildman–Crippen MR) is 73.4 cm³/mol. The van der Waals surface area contributed by atoms with Gasteiger partial charge in [-0.3, -0.25) is 0 Å². The zero-order chi connectivity index (χ0) is 14.0. The van der Waals surface area contributed by atoms with Gasteiger partial charge in [0.2, 0.25) is 0 Å². The lowest BCUT2D eigenvalue weighted by atomic mass is 9.98. The van der Waals surface area contributed by atoms with Crippen LogP contribution in [0.1, 0.15) is 12.0 Å².